The third kappa shape index (κ3) is 14.9. The molecule has 15 heteroatoms. The highest BCUT2D eigenvalue weighted by Gasteiger charge is 2.44. The van der Waals surface area contributed by atoms with Crippen molar-refractivity contribution in [2.75, 3.05) is 6.54 Å². The van der Waals surface area contributed by atoms with Crippen LogP contribution in [0.25, 0.3) is 16.5 Å². The molecule has 1 saturated heterocycles. The second-order valence-corrected chi connectivity index (χ2v) is 18.3. The van der Waals surface area contributed by atoms with Gasteiger partial charge in [-0.3, -0.25) is 19.2 Å². The SMILES string of the molecule is Cc1ncsc1-c1ccc(CNC(=O)[C@@H]2C[C@@H](O)CN2C(=O)[C@@H](NC(=O)CC/C=C/c2ccc(CO[C@H](C)[C@H](CCC(N)=O)NC(=O)OC(C)(C)C)cc2)C(C)(C)C)cc1. The summed E-state index contributed by atoms with van der Waals surface area (Å²) in [6, 6.07) is 13.3. The van der Waals surface area contributed by atoms with Gasteiger partial charge in [-0.05, 0) is 75.1 Å². The highest BCUT2D eigenvalue weighted by Crippen LogP contribution is 2.28. The average Bonchev–Trinajstić information content (AvgIpc) is 3.79. The Bertz CT molecular complexity index is 1950. The lowest BCUT2D eigenvalue weighted by Crippen LogP contribution is -2.57. The van der Waals surface area contributed by atoms with Gasteiger partial charge in [-0.15, -0.1) is 11.3 Å². The van der Waals surface area contributed by atoms with Crippen molar-refractivity contribution < 1.29 is 38.6 Å². The van der Waals surface area contributed by atoms with E-state index in [1.807, 2.05) is 101 Å². The Kier molecular flexibility index (Phi) is 17.0. The van der Waals surface area contributed by atoms with Crippen LogP contribution in [0.5, 0.6) is 0 Å². The summed E-state index contributed by atoms with van der Waals surface area (Å²) in [5.74, 6) is -1.55. The van der Waals surface area contributed by atoms with Gasteiger partial charge in [0.2, 0.25) is 23.6 Å². The zero-order chi connectivity index (χ0) is 44.2. The maximum Gasteiger partial charge on any atom is 0.407 e. The fourth-order valence-electron chi connectivity index (χ4n) is 6.70. The van der Waals surface area contributed by atoms with Crippen LogP contribution in [0, 0.1) is 12.3 Å². The fraction of sp³-hybridized carbons (Fsp3) is 0.511. The number of ether oxygens (including phenoxy) is 2. The second-order valence-electron chi connectivity index (χ2n) is 17.4. The van der Waals surface area contributed by atoms with Crippen molar-refractivity contribution >= 4 is 47.1 Å². The number of benzene rings is 2. The van der Waals surface area contributed by atoms with Gasteiger partial charge in [0.25, 0.3) is 0 Å². The van der Waals surface area contributed by atoms with Crippen LogP contribution in [-0.2, 0) is 41.8 Å². The third-order valence-corrected chi connectivity index (χ3v) is 11.0. The normalized spacial score (nSPS) is 17.2. The summed E-state index contributed by atoms with van der Waals surface area (Å²) in [4.78, 5) is 71.2. The molecule has 14 nitrogen and oxygen atoms in total. The molecule has 6 N–H and O–H groups in total. The van der Waals surface area contributed by atoms with Gasteiger partial charge in [0, 0.05) is 32.4 Å². The van der Waals surface area contributed by atoms with Crippen LogP contribution >= 0.6 is 11.3 Å². The zero-order valence-electron chi connectivity index (χ0n) is 36.1. The maximum atomic E-state index is 14.0. The first-order valence-electron chi connectivity index (χ1n) is 20.4. The highest BCUT2D eigenvalue weighted by atomic mass is 32.1. The summed E-state index contributed by atoms with van der Waals surface area (Å²) in [5, 5.41) is 19.2. The summed E-state index contributed by atoms with van der Waals surface area (Å²) in [7, 11) is 0. The molecule has 3 aromatic rings. The van der Waals surface area contributed by atoms with Crippen LogP contribution in [0.4, 0.5) is 4.79 Å². The summed E-state index contributed by atoms with van der Waals surface area (Å²) in [5.41, 5.74) is 10.5. The molecule has 5 atom stereocenters. The lowest BCUT2D eigenvalue weighted by molar-refractivity contribution is -0.144. The van der Waals surface area contributed by atoms with Crippen LogP contribution < -0.4 is 21.7 Å². The first kappa shape index (κ1) is 47.6. The summed E-state index contributed by atoms with van der Waals surface area (Å²) in [6.07, 6.45) is 2.96. The van der Waals surface area contributed by atoms with Crippen LogP contribution in [-0.4, -0.2) is 87.2 Å². The Morgan fingerprint density at radius 2 is 1.65 bits per heavy atom. The number of alkyl carbamates (subject to hydrolysis) is 1. The number of nitrogens with one attached hydrogen (secondary N) is 3. The van der Waals surface area contributed by atoms with Gasteiger partial charge in [-0.1, -0.05) is 81.5 Å². The number of nitrogens with two attached hydrogens (primary N) is 1. The molecule has 0 spiro atoms. The van der Waals surface area contributed by atoms with Gasteiger partial charge >= 0.3 is 6.09 Å². The molecule has 4 rings (SSSR count). The Morgan fingerprint density at radius 1 is 0.983 bits per heavy atom. The maximum absolute atomic E-state index is 14.0. The smallest absolute Gasteiger partial charge is 0.407 e. The Balaban J connectivity index is 1.26. The number of hydrogen-bond acceptors (Lipinski definition) is 10. The van der Waals surface area contributed by atoms with E-state index in [-0.39, 0.29) is 50.8 Å². The number of nitrogens with zero attached hydrogens (tertiary/aromatic N) is 2. The van der Waals surface area contributed by atoms with Crippen molar-refractivity contribution in [2.45, 2.75) is 137 Å². The van der Waals surface area contributed by atoms with Crippen molar-refractivity contribution in [3.05, 3.63) is 82.5 Å². The van der Waals surface area contributed by atoms with E-state index in [4.69, 9.17) is 15.2 Å². The Morgan fingerprint density at radius 3 is 2.25 bits per heavy atom. The standard InChI is InChI=1S/C45H62N6O8S/c1-28-39(60-27-48-28)33-19-17-31(18-20-33)24-47-41(55)36-23-34(52)25-51(36)42(56)40(44(3,4)5)50-38(54)12-10-9-11-30-13-15-32(16-14-30)26-58-29(2)35(21-22-37(46)53)49-43(57)59-45(6,7)8/h9,11,13-20,27,29,34-36,40,52H,10,12,21-26H2,1-8H3,(H2,46,53)(H,47,55)(H,49,57)(H,50,54)/b11-9+/t29-,34-,35+,36+,40-/m1/s1. The van der Waals surface area contributed by atoms with Gasteiger partial charge < -0.3 is 41.2 Å². The van der Waals surface area contributed by atoms with E-state index in [9.17, 15) is 29.1 Å². The van der Waals surface area contributed by atoms with Crippen LogP contribution in [0.1, 0.15) is 103 Å². The van der Waals surface area contributed by atoms with E-state index in [2.05, 4.69) is 20.9 Å². The molecule has 2 heterocycles. The van der Waals surface area contributed by atoms with Gasteiger partial charge in [-0.25, -0.2) is 9.78 Å². The number of likely N-dealkylation sites (tertiary alicyclic amines) is 1. The molecular weight excluding hydrogens is 785 g/mol. The third-order valence-electron chi connectivity index (χ3n) is 10.0. The molecule has 0 radical (unpaired) electrons. The molecule has 0 saturated carbocycles. The first-order chi connectivity index (χ1) is 28.2. The summed E-state index contributed by atoms with van der Waals surface area (Å²) >= 11 is 1.57. The van der Waals surface area contributed by atoms with Crippen molar-refractivity contribution in [3.63, 3.8) is 0 Å². The van der Waals surface area contributed by atoms with Crippen molar-refractivity contribution in [3.8, 4) is 10.4 Å². The van der Waals surface area contributed by atoms with E-state index < -0.39 is 59.3 Å². The number of allylic oxidation sites excluding steroid dienone is 1. The number of carbonyl (C=O) groups is 5. The minimum Gasteiger partial charge on any atom is -0.444 e. The largest absolute Gasteiger partial charge is 0.444 e. The molecule has 0 unspecified atom stereocenters. The molecule has 60 heavy (non-hydrogen) atoms. The molecule has 1 fully saturated rings. The molecule has 326 valence electrons. The lowest BCUT2D eigenvalue weighted by Gasteiger charge is -2.35. The molecule has 2 aromatic carbocycles. The van der Waals surface area contributed by atoms with Gasteiger partial charge in [0.05, 0.1) is 40.9 Å². The molecule has 5 amide bonds. The Hall–Kier alpha value is -5.12. The lowest BCUT2D eigenvalue weighted by atomic mass is 9.85. The minimum absolute atomic E-state index is 0.00225. The van der Waals surface area contributed by atoms with Crippen molar-refractivity contribution in [1.82, 2.24) is 25.8 Å². The van der Waals surface area contributed by atoms with Gasteiger partial charge in [-0.2, -0.15) is 0 Å². The molecule has 1 aliphatic rings. The Labute approximate surface area is 357 Å². The van der Waals surface area contributed by atoms with E-state index >= 15 is 0 Å². The van der Waals surface area contributed by atoms with E-state index in [0.717, 1.165) is 32.8 Å². The number of rotatable bonds is 18. The van der Waals surface area contributed by atoms with Gasteiger partial charge in [0.1, 0.15) is 17.7 Å². The number of aromatic nitrogens is 1. The first-order valence-corrected chi connectivity index (χ1v) is 21.3. The summed E-state index contributed by atoms with van der Waals surface area (Å²) < 4.78 is 11.4. The molecule has 1 aromatic heterocycles. The monoisotopic (exact) mass is 846 g/mol. The van der Waals surface area contributed by atoms with E-state index in [1.165, 1.54) is 4.90 Å². The number of aliphatic hydroxyl groups excluding tert-OH is 1. The number of β-amino-alcohol motifs (C(OH)–C–C–N with tert-alkyl or cyclic N) is 1. The minimum atomic E-state index is -0.915. The highest BCUT2D eigenvalue weighted by molar-refractivity contribution is 7.13. The number of aliphatic hydroxyl groups is 1. The fourth-order valence-corrected chi connectivity index (χ4v) is 7.51. The molecule has 0 bridgehead atoms. The van der Waals surface area contributed by atoms with Crippen LogP contribution in [0.15, 0.2) is 60.1 Å². The van der Waals surface area contributed by atoms with E-state index in [1.54, 1.807) is 32.1 Å². The second kappa shape index (κ2) is 21.4. The average molecular weight is 847 g/mol. The van der Waals surface area contributed by atoms with E-state index in [0.29, 0.717) is 12.8 Å². The number of thiazole rings is 1. The van der Waals surface area contributed by atoms with Crippen LogP contribution in [0.3, 0.4) is 0 Å². The topological polar surface area (TPSA) is 202 Å². The number of carbonyl (C=O) groups excluding carboxylic acids is 5. The quantitative estimate of drug-likeness (QED) is 0.105. The number of primary amides is 1. The van der Waals surface area contributed by atoms with Crippen molar-refractivity contribution in [1.29, 1.82) is 0 Å². The molecule has 0 aliphatic carbocycles. The van der Waals surface area contributed by atoms with Crippen molar-refractivity contribution in [2.24, 2.45) is 11.1 Å². The predicted molar refractivity (Wildman–Crippen MR) is 232 cm³/mol. The number of amides is 5. The van der Waals surface area contributed by atoms with Crippen LogP contribution in [0.2, 0.25) is 0 Å². The number of hydrogen-bond donors (Lipinski definition) is 5. The summed E-state index contributed by atoms with van der Waals surface area (Å²) in [6.45, 7) is 15.2. The van der Waals surface area contributed by atoms with Gasteiger partial charge in [0.15, 0.2) is 0 Å². The number of aryl methyl sites for hydroxylation is 1. The predicted octanol–water partition coefficient (Wildman–Crippen LogP) is 5.78. The molecular formula is C45H62N6O8S. The zero-order valence-corrected chi connectivity index (χ0v) is 36.9. The molecule has 1 aliphatic heterocycles.